The van der Waals surface area contributed by atoms with Crippen LogP contribution in [0.15, 0.2) is 41.3 Å². The molecule has 156 valence electrons. The van der Waals surface area contributed by atoms with E-state index >= 15 is 0 Å². The number of aliphatic hydroxyl groups excluding tert-OH is 1. The number of ether oxygens (including phenoxy) is 1. The van der Waals surface area contributed by atoms with Crippen LogP contribution in [0.2, 0.25) is 0 Å². The minimum absolute atomic E-state index is 0.133. The SMILES string of the molecule is O=C(NCC[C@@H]1CCNC1)O[C@@H]1[C@@H](O)CN[C@@H]1Cc1ccc(-c2cnco2)cc1. The van der Waals surface area contributed by atoms with Crippen molar-refractivity contribution < 1.29 is 19.1 Å². The Morgan fingerprint density at radius 3 is 2.90 bits per heavy atom. The number of carbonyl (C=O) groups is 1. The number of benzene rings is 1. The Bertz CT molecular complexity index is 774. The van der Waals surface area contributed by atoms with Gasteiger partial charge in [-0.3, -0.25) is 0 Å². The minimum Gasteiger partial charge on any atom is -0.444 e. The lowest BCUT2D eigenvalue weighted by Gasteiger charge is -2.22. The number of aromatic nitrogens is 1. The van der Waals surface area contributed by atoms with Crippen LogP contribution in [0.1, 0.15) is 18.4 Å². The summed E-state index contributed by atoms with van der Waals surface area (Å²) in [4.78, 5) is 16.1. The second-order valence-electron chi connectivity index (χ2n) is 7.79. The third-order valence-corrected chi connectivity index (χ3v) is 5.72. The maximum Gasteiger partial charge on any atom is 0.407 e. The number of carbonyl (C=O) groups excluding carboxylic acids is 1. The van der Waals surface area contributed by atoms with Crippen LogP contribution in [-0.4, -0.2) is 60.6 Å². The average molecular weight is 400 g/mol. The summed E-state index contributed by atoms with van der Waals surface area (Å²) in [5.41, 5.74) is 2.04. The van der Waals surface area contributed by atoms with Gasteiger partial charge in [0.2, 0.25) is 0 Å². The number of aliphatic hydroxyl groups is 1. The van der Waals surface area contributed by atoms with Crippen molar-refractivity contribution in [1.82, 2.24) is 20.9 Å². The number of rotatable bonds is 7. The molecule has 1 amide bonds. The number of oxazole rings is 1. The monoisotopic (exact) mass is 400 g/mol. The molecule has 0 unspecified atom stereocenters. The van der Waals surface area contributed by atoms with Gasteiger partial charge in [-0.2, -0.15) is 0 Å². The number of nitrogens with zero attached hydrogens (tertiary/aromatic N) is 1. The van der Waals surface area contributed by atoms with Crippen molar-refractivity contribution in [1.29, 1.82) is 0 Å². The molecule has 2 saturated heterocycles. The topological polar surface area (TPSA) is 109 Å². The summed E-state index contributed by atoms with van der Waals surface area (Å²) >= 11 is 0. The molecule has 3 heterocycles. The van der Waals surface area contributed by atoms with E-state index in [-0.39, 0.29) is 6.04 Å². The summed E-state index contributed by atoms with van der Waals surface area (Å²) in [6.45, 7) is 3.07. The highest BCUT2D eigenvalue weighted by Gasteiger charge is 2.37. The van der Waals surface area contributed by atoms with Crippen molar-refractivity contribution >= 4 is 6.09 Å². The van der Waals surface area contributed by atoms with E-state index in [1.54, 1.807) is 6.20 Å². The zero-order valence-electron chi connectivity index (χ0n) is 16.3. The van der Waals surface area contributed by atoms with Crippen molar-refractivity contribution in [2.45, 2.75) is 37.5 Å². The van der Waals surface area contributed by atoms with Gasteiger partial charge in [-0.25, -0.2) is 9.78 Å². The van der Waals surface area contributed by atoms with Crippen LogP contribution in [0.25, 0.3) is 11.3 Å². The smallest absolute Gasteiger partial charge is 0.407 e. The molecule has 4 atom stereocenters. The molecule has 4 rings (SSSR count). The fourth-order valence-corrected chi connectivity index (χ4v) is 4.04. The number of hydrogen-bond donors (Lipinski definition) is 4. The van der Waals surface area contributed by atoms with Crippen LogP contribution in [0.4, 0.5) is 4.79 Å². The Kier molecular flexibility index (Phi) is 6.43. The zero-order chi connectivity index (χ0) is 20.1. The average Bonchev–Trinajstić information content (AvgIpc) is 3.48. The fraction of sp³-hybridized carbons (Fsp3) is 0.524. The predicted molar refractivity (Wildman–Crippen MR) is 107 cm³/mol. The molecular formula is C21H28N4O4. The van der Waals surface area contributed by atoms with E-state index < -0.39 is 18.3 Å². The summed E-state index contributed by atoms with van der Waals surface area (Å²) in [5.74, 6) is 1.33. The third-order valence-electron chi connectivity index (χ3n) is 5.72. The van der Waals surface area contributed by atoms with Gasteiger partial charge >= 0.3 is 6.09 Å². The summed E-state index contributed by atoms with van der Waals surface area (Å²) in [6.07, 6.45) is 4.08. The number of hydrogen-bond acceptors (Lipinski definition) is 7. The number of nitrogens with one attached hydrogen (secondary N) is 3. The first kappa shape index (κ1) is 19.9. The molecule has 0 spiro atoms. The van der Waals surface area contributed by atoms with Gasteiger partial charge in [0.05, 0.1) is 12.2 Å². The lowest BCUT2D eigenvalue weighted by molar-refractivity contribution is 0.0189. The molecular weight excluding hydrogens is 372 g/mol. The van der Waals surface area contributed by atoms with Crippen LogP contribution in [0, 0.1) is 5.92 Å². The molecule has 0 radical (unpaired) electrons. The van der Waals surface area contributed by atoms with Gasteiger partial charge in [0.15, 0.2) is 12.2 Å². The van der Waals surface area contributed by atoms with Crippen LogP contribution in [-0.2, 0) is 11.2 Å². The van der Waals surface area contributed by atoms with Crippen LogP contribution in [0.5, 0.6) is 0 Å². The second kappa shape index (κ2) is 9.39. The van der Waals surface area contributed by atoms with Gasteiger partial charge in [-0.1, -0.05) is 24.3 Å². The number of β-amino-alcohol motifs (C(OH)–C–C–N with tert-alkyl or cyclic N) is 1. The van der Waals surface area contributed by atoms with Gasteiger partial charge in [0.1, 0.15) is 12.2 Å². The highest BCUT2D eigenvalue weighted by atomic mass is 16.6. The summed E-state index contributed by atoms with van der Waals surface area (Å²) in [5, 5.41) is 19.7. The third kappa shape index (κ3) is 5.14. The molecule has 8 heteroatoms. The van der Waals surface area contributed by atoms with Crippen molar-refractivity contribution in [3.63, 3.8) is 0 Å². The van der Waals surface area contributed by atoms with Crippen LogP contribution in [0.3, 0.4) is 0 Å². The molecule has 2 aliphatic heterocycles. The van der Waals surface area contributed by atoms with Gasteiger partial charge in [-0.15, -0.1) is 0 Å². The van der Waals surface area contributed by atoms with E-state index in [1.165, 1.54) is 6.39 Å². The van der Waals surface area contributed by atoms with Crippen LogP contribution < -0.4 is 16.0 Å². The summed E-state index contributed by atoms with van der Waals surface area (Å²) in [6, 6.07) is 7.84. The van der Waals surface area contributed by atoms with Gasteiger partial charge in [-0.05, 0) is 43.8 Å². The largest absolute Gasteiger partial charge is 0.444 e. The number of amides is 1. The highest BCUT2D eigenvalue weighted by Crippen LogP contribution is 2.22. The lowest BCUT2D eigenvalue weighted by Crippen LogP contribution is -2.41. The zero-order valence-corrected chi connectivity index (χ0v) is 16.3. The maximum absolute atomic E-state index is 12.2. The van der Waals surface area contributed by atoms with E-state index in [9.17, 15) is 9.90 Å². The molecule has 0 saturated carbocycles. The van der Waals surface area contributed by atoms with E-state index in [2.05, 4.69) is 20.9 Å². The minimum atomic E-state index is -0.710. The second-order valence-corrected chi connectivity index (χ2v) is 7.79. The van der Waals surface area contributed by atoms with Crippen molar-refractivity contribution in [3.8, 4) is 11.3 Å². The van der Waals surface area contributed by atoms with Gasteiger partial charge in [0, 0.05) is 18.7 Å². The first-order valence-electron chi connectivity index (χ1n) is 10.2. The van der Waals surface area contributed by atoms with E-state index in [0.717, 1.165) is 42.8 Å². The van der Waals surface area contributed by atoms with Crippen molar-refractivity contribution in [2.75, 3.05) is 26.2 Å². The summed E-state index contributed by atoms with van der Waals surface area (Å²) < 4.78 is 10.9. The maximum atomic E-state index is 12.2. The predicted octanol–water partition coefficient (Wildman–Crippen LogP) is 1.31. The standard InChI is InChI=1S/C21H28N4O4/c26-18-11-25-17(9-14-1-3-16(4-2-14)19-12-23-13-28-19)20(18)29-21(27)24-8-6-15-5-7-22-10-15/h1-4,12-13,15,17-18,20,22,25-26H,5-11H2,(H,24,27)/t15-,17+,18-,20-/m0/s1. The number of alkyl carbamates (subject to hydrolysis) is 1. The quantitative estimate of drug-likeness (QED) is 0.555. The molecule has 8 nitrogen and oxygen atoms in total. The Morgan fingerprint density at radius 2 is 2.17 bits per heavy atom. The fourth-order valence-electron chi connectivity index (χ4n) is 4.04. The van der Waals surface area contributed by atoms with Crippen LogP contribution >= 0.6 is 0 Å². The first-order chi connectivity index (χ1) is 14.2. The molecule has 2 aliphatic rings. The molecule has 0 aliphatic carbocycles. The Morgan fingerprint density at radius 1 is 1.31 bits per heavy atom. The van der Waals surface area contributed by atoms with Crippen molar-refractivity contribution in [3.05, 3.63) is 42.4 Å². The molecule has 2 fully saturated rings. The van der Waals surface area contributed by atoms with Gasteiger partial charge in [0.25, 0.3) is 0 Å². The summed E-state index contributed by atoms with van der Waals surface area (Å²) in [7, 11) is 0. The normalized spacial score (nSPS) is 26.5. The molecule has 2 aromatic rings. The van der Waals surface area contributed by atoms with E-state index in [0.29, 0.717) is 25.4 Å². The van der Waals surface area contributed by atoms with E-state index in [4.69, 9.17) is 9.15 Å². The molecule has 1 aromatic carbocycles. The Labute approximate surface area is 170 Å². The lowest BCUT2D eigenvalue weighted by atomic mass is 10.00. The molecule has 1 aromatic heterocycles. The molecule has 4 N–H and O–H groups in total. The van der Waals surface area contributed by atoms with E-state index in [1.807, 2.05) is 24.3 Å². The van der Waals surface area contributed by atoms with Gasteiger partial charge < -0.3 is 30.2 Å². The Hall–Kier alpha value is -2.42. The first-order valence-corrected chi connectivity index (χ1v) is 10.2. The Balaban J connectivity index is 1.28. The molecule has 0 bridgehead atoms. The highest BCUT2D eigenvalue weighted by molar-refractivity contribution is 5.67. The molecule has 29 heavy (non-hydrogen) atoms. The van der Waals surface area contributed by atoms with Crippen molar-refractivity contribution in [2.24, 2.45) is 5.92 Å².